The molecule has 3 N–H and O–H groups in total. The highest BCUT2D eigenvalue weighted by Crippen LogP contribution is 2.24. The highest BCUT2D eigenvalue weighted by atomic mass is 16.6. The number of carbonyl (C=O) groups is 2. The quantitative estimate of drug-likeness (QED) is 0.529. The van der Waals surface area contributed by atoms with Crippen LogP contribution in [-0.4, -0.2) is 46.1 Å². The van der Waals surface area contributed by atoms with Crippen LogP contribution in [0.25, 0.3) is 6.08 Å². The molecule has 22 heavy (non-hydrogen) atoms. The first-order valence-electron chi connectivity index (χ1n) is 6.41. The molecule has 0 radical (unpaired) electrons. The third-order valence-corrected chi connectivity index (χ3v) is 2.87. The summed E-state index contributed by atoms with van der Waals surface area (Å²) in [5.74, 6) is -3.40. The Balaban J connectivity index is 2.06. The Morgan fingerprint density at radius 1 is 1.36 bits per heavy atom. The van der Waals surface area contributed by atoms with Gasteiger partial charge in [-0.15, -0.1) is 0 Å². The van der Waals surface area contributed by atoms with E-state index >= 15 is 0 Å². The largest absolute Gasteiger partial charge is 0.505 e. The molecule has 2 rings (SSSR count). The van der Waals surface area contributed by atoms with Crippen LogP contribution in [0.3, 0.4) is 0 Å². The number of hydrogen-bond acceptors (Lipinski definition) is 7. The lowest BCUT2D eigenvalue weighted by Gasteiger charge is -2.13. The number of aliphatic hydroxyl groups excluding tert-OH is 3. The SMILES string of the molecule is O=C(/C=C/c1ccccc1)OC1=C(O)[C@@H]([C@@H](O)CO)OC1=O. The van der Waals surface area contributed by atoms with Crippen LogP contribution < -0.4 is 0 Å². The summed E-state index contributed by atoms with van der Waals surface area (Å²) in [6.07, 6.45) is -0.391. The van der Waals surface area contributed by atoms with Gasteiger partial charge in [0.25, 0.3) is 5.76 Å². The molecule has 0 saturated carbocycles. The second kappa shape index (κ2) is 6.88. The first-order chi connectivity index (χ1) is 10.5. The van der Waals surface area contributed by atoms with E-state index in [1.165, 1.54) is 6.08 Å². The number of esters is 2. The van der Waals surface area contributed by atoms with E-state index in [-0.39, 0.29) is 0 Å². The lowest BCUT2D eigenvalue weighted by Crippen LogP contribution is -2.31. The molecule has 0 bridgehead atoms. The van der Waals surface area contributed by atoms with E-state index in [1.54, 1.807) is 24.3 Å². The van der Waals surface area contributed by atoms with E-state index in [1.807, 2.05) is 6.07 Å². The van der Waals surface area contributed by atoms with Crippen molar-refractivity contribution in [1.29, 1.82) is 0 Å². The average Bonchev–Trinajstić information content (AvgIpc) is 2.81. The molecule has 0 amide bonds. The Morgan fingerprint density at radius 3 is 2.68 bits per heavy atom. The number of ether oxygens (including phenoxy) is 2. The van der Waals surface area contributed by atoms with Gasteiger partial charge in [-0.25, -0.2) is 9.59 Å². The van der Waals surface area contributed by atoms with Gasteiger partial charge in [0.2, 0.25) is 0 Å². The molecule has 1 aliphatic heterocycles. The van der Waals surface area contributed by atoms with Gasteiger partial charge in [-0.05, 0) is 11.6 Å². The van der Waals surface area contributed by atoms with Gasteiger partial charge in [-0.2, -0.15) is 0 Å². The monoisotopic (exact) mass is 306 g/mol. The van der Waals surface area contributed by atoms with Gasteiger partial charge in [-0.1, -0.05) is 30.3 Å². The fraction of sp³-hybridized carbons (Fsp3) is 0.200. The van der Waals surface area contributed by atoms with Crippen LogP contribution in [0.5, 0.6) is 0 Å². The lowest BCUT2D eigenvalue weighted by atomic mass is 10.2. The standard InChI is InChI=1S/C15H14O7/c16-8-10(17)13-12(19)14(15(20)22-13)21-11(18)7-6-9-4-2-1-3-5-9/h1-7,10,13,16-17,19H,8H2/b7-6+/t10-,13+/m0/s1. The van der Waals surface area contributed by atoms with Crippen LogP contribution >= 0.6 is 0 Å². The molecule has 0 spiro atoms. The van der Waals surface area contributed by atoms with Crippen molar-refractivity contribution in [1.82, 2.24) is 0 Å². The van der Waals surface area contributed by atoms with Crippen LogP contribution in [-0.2, 0) is 19.1 Å². The normalized spacial score (nSPS) is 19.4. The molecule has 1 aromatic carbocycles. The van der Waals surface area contributed by atoms with E-state index in [4.69, 9.17) is 9.84 Å². The van der Waals surface area contributed by atoms with Crippen molar-refractivity contribution in [3.8, 4) is 0 Å². The Hall–Kier alpha value is -2.64. The first kappa shape index (κ1) is 15.7. The summed E-state index contributed by atoms with van der Waals surface area (Å²) >= 11 is 0. The van der Waals surface area contributed by atoms with Gasteiger partial charge in [0.1, 0.15) is 6.10 Å². The number of aliphatic hydroxyl groups is 3. The number of benzene rings is 1. The third kappa shape index (κ3) is 3.51. The molecule has 1 aliphatic rings. The first-order valence-corrected chi connectivity index (χ1v) is 6.41. The van der Waals surface area contributed by atoms with Crippen molar-refractivity contribution < 1.29 is 34.4 Å². The van der Waals surface area contributed by atoms with Crippen molar-refractivity contribution in [2.24, 2.45) is 0 Å². The van der Waals surface area contributed by atoms with Crippen LogP contribution in [0.2, 0.25) is 0 Å². The molecule has 7 heteroatoms. The van der Waals surface area contributed by atoms with E-state index in [2.05, 4.69) is 4.74 Å². The molecule has 7 nitrogen and oxygen atoms in total. The summed E-state index contributed by atoms with van der Waals surface area (Å²) in [5.41, 5.74) is 0.750. The highest BCUT2D eigenvalue weighted by Gasteiger charge is 2.41. The van der Waals surface area contributed by atoms with Crippen molar-refractivity contribution >= 4 is 18.0 Å². The molecule has 1 heterocycles. The number of hydrogen-bond donors (Lipinski definition) is 3. The maximum atomic E-state index is 11.6. The van der Waals surface area contributed by atoms with Crippen LogP contribution in [0.4, 0.5) is 0 Å². The molecular weight excluding hydrogens is 292 g/mol. The third-order valence-electron chi connectivity index (χ3n) is 2.87. The predicted molar refractivity (Wildman–Crippen MR) is 74.2 cm³/mol. The zero-order chi connectivity index (χ0) is 16.1. The molecule has 0 aromatic heterocycles. The van der Waals surface area contributed by atoms with Crippen LogP contribution in [0.15, 0.2) is 47.9 Å². The minimum atomic E-state index is -1.50. The minimum Gasteiger partial charge on any atom is -0.505 e. The lowest BCUT2D eigenvalue weighted by molar-refractivity contribution is -0.151. The summed E-state index contributed by atoms with van der Waals surface area (Å²) in [4.78, 5) is 23.1. The molecule has 0 unspecified atom stereocenters. The van der Waals surface area contributed by atoms with Crippen LogP contribution in [0.1, 0.15) is 5.56 Å². The number of carbonyl (C=O) groups excluding carboxylic acids is 2. The minimum absolute atomic E-state index is 0.694. The zero-order valence-corrected chi connectivity index (χ0v) is 11.4. The number of rotatable bonds is 5. The highest BCUT2D eigenvalue weighted by molar-refractivity contribution is 5.95. The van der Waals surface area contributed by atoms with E-state index < -0.39 is 42.3 Å². The summed E-state index contributed by atoms with van der Waals surface area (Å²) < 4.78 is 9.35. The van der Waals surface area contributed by atoms with E-state index in [0.717, 1.165) is 11.6 Å². The Labute approximate surface area is 125 Å². The summed E-state index contributed by atoms with van der Waals surface area (Å²) in [5, 5.41) is 27.9. The number of cyclic esters (lactones) is 1. The molecular formula is C15H14O7. The maximum absolute atomic E-state index is 11.6. The topological polar surface area (TPSA) is 113 Å². The Kier molecular flexibility index (Phi) is 4.92. The summed E-state index contributed by atoms with van der Waals surface area (Å²) in [7, 11) is 0. The Bertz CT molecular complexity index is 618. The smallest absolute Gasteiger partial charge is 0.378 e. The Morgan fingerprint density at radius 2 is 2.05 bits per heavy atom. The summed E-state index contributed by atoms with van der Waals surface area (Å²) in [6.45, 7) is -0.725. The van der Waals surface area contributed by atoms with Crippen molar-refractivity contribution in [2.75, 3.05) is 6.61 Å². The molecule has 0 aliphatic carbocycles. The fourth-order valence-corrected chi connectivity index (χ4v) is 1.77. The van der Waals surface area contributed by atoms with Gasteiger partial charge >= 0.3 is 11.9 Å². The van der Waals surface area contributed by atoms with E-state index in [0.29, 0.717) is 0 Å². The molecule has 1 aromatic rings. The van der Waals surface area contributed by atoms with Gasteiger partial charge in [-0.3, -0.25) is 0 Å². The van der Waals surface area contributed by atoms with Crippen molar-refractivity contribution in [2.45, 2.75) is 12.2 Å². The molecule has 116 valence electrons. The summed E-state index contributed by atoms with van der Waals surface area (Å²) in [6, 6.07) is 8.92. The molecule has 2 atom stereocenters. The van der Waals surface area contributed by atoms with Gasteiger partial charge in [0.05, 0.1) is 6.61 Å². The molecule has 0 fully saturated rings. The molecule has 0 saturated heterocycles. The zero-order valence-electron chi connectivity index (χ0n) is 11.4. The van der Waals surface area contributed by atoms with Crippen molar-refractivity contribution in [3.63, 3.8) is 0 Å². The second-order valence-corrected chi connectivity index (χ2v) is 4.46. The maximum Gasteiger partial charge on any atom is 0.378 e. The van der Waals surface area contributed by atoms with Crippen molar-refractivity contribution in [3.05, 3.63) is 53.5 Å². The van der Waals surface area contributed by atoms with Gasteiger partial charge in [0.15, 0.2) is 11.9 Å². The predicted octanol–water partition coefficient (Wildman–Crippen LogP) is 0.291. The van der Waals surface area contributed by atoms with Gasteiger partial charge < -0.3 is 24.8 Å². The van der Waals surface area contributed by atoms with Gasteiger partial charge in [0, 0.05) is 6.08 Å². The fourth-order valence-electron chi connectivity index (χ4n) is 1.77. The second-order valence-electron chi connectivity index (χ2n) is 4.46. The van der Waals surface area contributed by atoms with E-state index in [9.17, 15) is 19.8 Å². The average molecular weight is 306 g/mol. The van der Waals surface area contributed by atoms with Crippen LogP contribution in [0, 0.1) is 0 Å².